The summed E-state index contributed by atoms with van der Waals surface area (Å²) in [6, 6.07) is 0.426. The predicted octanol–water partition coefficient (Wildman–Crippen LogP) is 0.706. The number of aliphatic imine (C=N–C) groups is 1. The lowest BCUT2D eigenvalue weighted by Gasteiger charge is -2.13. The number of ether oxygens (including phenoxy) is 1. The van der Waals surface area contributed by atoms with E-state index < -0.39 is 0 Å². The molecular formula is C12H21N3O2S. The maximum atomic E-state index is 11.8. The minimum absolute atomic E-state index is 0.155. The standard InChI is InChI=1S/C12H21N3O2S/c1-17-7-4-10-9-18-12(14-10)13-8-11(16)15-5-2-3-6-15/h10H,2-9H2,1H3,(H,13,14). The average molecular weight is 271 g/mol. The number of hydrogen-bond acceptors (Lipinski definition) is 4. The van der Waals surface area contributed by atoms with E-state index in [1.165, 1.54) is 0 Å². The number of likely N-dealkylation sites (tertiary alicyclic amines) is 1. The van der Waals surface area contributed by atoms with Crippen LogP contribution >= 0.6 is 11.8 Å². The monoisotopic (exact) mass is 271 g/mol. The second kappa shape index (κ2) is 6.99. The van der Waals surface area contributed by atoms with Crippen molar-refractivity contribution in [3.63, 3.8) is 0 Å². The van der Waals surface area contributed by atoms with Crippen LogP contribution in [0, 0.1) is 0 Å². The van der Waals surface area contributed by atoms with Gasteiger partial charge in [0.05, 0.1) is 0 Å². The highest BCUT2D eigenvalue weighted by Crippen LogP contribution is 2.16. The molecule has 0 aliphatic carbocycles. The molecule has 0 radical (unpaired) electrons. The van der Waals surface area contributed by atoms with Crippen LogP contribution in [0.3, 0.4) is 0 Å². The second-order valence-corrected chi connectivity index (χ2v) is 5.65. The smallest absolute Gasteiger partial charge is 0.244 e. The van der Waals surface area contributed by atoms with Crippen LogP contribution < -0.4 is 5.32 Å². The number of nitrogens with one attached hydrogen (secondary N) is 1. The zero-order valence-corrected chi connectivity index (χ0v) is 11.7. The minimum atomic E-state index is 0.155. The van der Waals surface area contributed by atoms with Gasteiger partial charge in [-0.25, -0.2) is 0 Å². The number of methoxy groups -OCH3 is 1. The maximum Gasteiger partial charge on any atom is 0.244 e. The van der Waals surface area contributed by atoms with E-state index in [2.05, 4.69) is 10.3 Å². The number of carbonyl (C=O) groups excluding carboxylic acids is 1. The van der Waals surface area contributed by atoms with E-state index in [0.29, 0.717) is 6.04 Å². The third-order valence-corrected chi connectivity index (χ3v) is 4.33. The van der Waals surface area contributed by atoms with Crippen molar-refractivity contribution in [2.24, 2.45) is 4.99 Å². The van der Waals surface area contributed by atoms with E-state index in [9.17, 15) is 4.79 Å². The molecule has 102 valence electrons. The summed E-state index contributed by atoms with van der Waals surface area (Å²) in [5.41, 5.74) is 0. The topological polar surface area (TPSA) is 53.9 Å². The van der Waals surface area contributed by atoms with E-state index in [0.717, 1.165) is 49.9 Å². The highest BCUT2D eigenvalue weighted by molar-refractivity contribution is 8.14. The van der Waals surface area contributed by atoms with Crippen LogP contribution in [0.2, 0.25) is 0 Å². The first-order valence-electron chi connectivity index (χ1n) is 6.50. The Labute approximate surface area is 112 Å². The van der Waals surface area contributed by atoms with Gasteiger partial charge in [0.15, 0.2) is 5.17 Å². The van der Waals surface area contributed by atoms with Crippen molar-refractivity contribution in [1.29, 1.82) is 0 Å². The second-order valence-electron chi connectivity index (χ2n) is 4.64. The zero-order chi connectivity index (χ0) is 12.8. The number of nitrogens with zero attached hydrogens (tertiary/aromatic N) is 2. The summed E-state index contributed by atoms with van der Waals surface area (Å²) in [5, 5.41) is 4.24. The van der Waals surface area contributed by atoms with E-state index in [4.69, 9.17) is 4.74 Å². The Morgan fingerprint density at radius 2 is 2.33 bits per heavy atom. The molecule has 2 rings (SSSR count). The van der Waals surface area contributed by atoms with Gasteiger partial charge in [0.1, 0.15) is 6.54 Å². The van der Waals surface area contributed by atoms with Crippen molar-refractivity contribution in [3.8, 4) is 0 Å². The van der Waals surface area contributed by atoms with Crippen LogP contribution in [0.1, 0.15) is 19.3 Å². The lowest BCUT2D eigenvalue weighted by Crippen LogP contribution is -2.31. The van der Waals surface area contributed by atoms with Gasteiger partial charge in [0.2, 0.25) is 5.91 Å². The van der Waals surface area contributed by atoms with E-state index in [1.54, 1.807) is 18.9 Å². The fraction of sp³-hybridized carbons (Fsp3) is 0.833. The first kappa shape index (κ1) is 13.7. The van der Waals surface area contributed by atoms with Crippen LogP contribution in [-0.2, 0) is 9.53 Å². The number of amidine groups is 1. The number of amides is 1. The molecule has 0 aromatic rings. The summed E-state index contributed by atoms with van der Waals surface area (Å²) in [6.45, 7) is 2.85. The molecular weight excluding hydrogens is 250 g/mol. The Balaban J connectivity index is 1.71. The van der Waals surface area contributed by atoms with Gasteiger partial charge in [0, 0.05) is 38.6 Å². The molecule has 0 spiro atoms. The van der Waals surface area contributed by atoms with Crippen molar-refractivity contribution in [2.75, 3.05) is 39.1 Å². The third-order valence-electron chi connectivity index (χ3n) is 3.24. The van der Waals surface area contributed by atoms with Gasteiger partial charge in [-0.1, -0.05) is 11.8 Å². The predicted molar refractivity (Wildman–Crippen MR) is 74.0 cm³/mol. The molecule has 6 heteroatoms. The molecule has 5 nitrogen and oxygen atoms in total. The Bertz CT molecular complexity index is 316. The Morgan fingerprint density at radius 1 is 1.56 bits per heavy atom. The lowest BCUT2D eigenvalue weighted by atomic mass is 10.2. The fourth-order valence-corrected chi connectivity index (χ4v) is 3.17. The molecule has 2 fully saturated rings. The van der Waals surface area contributed by atoms with Crippen LogP contribution in [0.5, 0.6) is 0 Å². The largest absolute Gasteiger partial charge is 0.385 e. The molecule has 1 amide bonds. The molecule has 0 aromatic carbocycles. The van der Waals surface area contributed by atoms with Crippen LogP contribution in [-0.4, -0.2) is 61.1 Å². The van der Waals surface area contributed by atoms with Crippen molar-refractivity contribution in [2.45, 2.75) is 25.3 Å². The SMILES string of the molecule is COCCC1CSC(=NCC(=O)N2CCCC2)N1. The van der Waals surface area contributed by atoms with E-state index in [-0.39, 0.29) is 12.5 Å². The normalized spacial score (nSPS) is 25.7. The molecule has 0 bridgehead atoms. The molecule has 0 saturated carbocycles. The maximum absolute atomic E-state index is 11.8. The number of thioether (sulfide) groups is 1. The molecule has 2 heterocycles. The van der Waals surface area contributed by atoms with Crippen molar-refractivity contribution in [3.05, 3.63) is 0 Å². The van der Waals surface area contributed by atoms with Gasteiger partial charge in [0.25, 0.3) is 0 Å². The molecule has 18 heavy (non-hydrogen) atoms. The Hall–Kier alpha value is -0.750. The number of hydrogen-bond donors (Lipinski definition) is 1. The van der Waals surface area contributed by atoms with Crippen LogP contribution in [0.25, 0.3) is 0 Å². The quantitative estimate of drug-likeness (QED) is 0.800. The first-order chi connectivity index (χ1) is 8.79. The summed E-state index contributed by atoms with van der Waals surface area (Å²) in [4.78, 5) is 18.1. The highest BCUT2D eigenvalue weighted by atomic mass is 32.2. The summed E-state index contributed by atoms with van der Waals surface area (Å²) in [5.74, 6) is 1.17. The molecule has 1 atom stereocenters. The van der Waals surface area contributed by atoms with Gasteiger partial charge < -0.3 is 15.0 Å². The Morgan fingerprint density at radius 3 is 3.06 bits per heavy atom. The number of rotatable bonds is 5. The summed E-state index contributed by atoms with van der Waals surface area (Å²) < 4.78 is 5.05. The van der Waals surface area contributed by atoms with Gasteiger partial charge in [-0.15, -0.1) is 0 Å². The molecule has 1 N–H and O–H groups in total. The molecule has 2 aliphatic heterocycles. The van der Waals surface area contributed by atoms with Crippen molar-refractivity contribution >= 4 is 22.8 Å². The summed E-state index contributed by atoms with van der Waals surface area (Å²) >= 11 is 1.70. The third kappa shape index (κ3) is 3.88. The summed E-state index contributed by atoms with van der Waals surface area (Å²) in [7, 11) is 1.71. The van der Waals surface area contributed by atoms with E-state index >= 15 is 0 Å². The van der Waals surface area contributed by atoms with Crippen LogP contribution in [0.4, 0.5) is 0 Å². The molecule has 2 saturated heterocycles. The van der Waals surface area contributed by atoms with Crippen LogP contribution in [0.15, 0.2) is 4.99 Å². The minimum Gasteiger partial charge on any atom is -0.385 e. The van der Waals surface area contributed by atoms with Gasteiger partial charge in [-0.2, -0.15) is 0 Å². The zero-order valence-electron chi connectivity index (χ0n) is 10.9. The first-order valence-corrected chi connectivity index (χ1v) is 7.48. The van der Waals surface area contributed by atoms with E-state index in [1.807, 2.05) is 4.90 Å². The summed E-state index contributed by atoms with van der Waals surface area (Å²) in [6.07, 6.45) is 3.26. The molecule has 0 aromatic heterocycles. The Kier molecular flexibility index (Phi) is 5.31. The van der Waals surface area contributed by atoms with Crippen molar-refractivity contribution < 1.29 is 9.53 Å². The van der Waals surface area contributed by atoms with Gasteiger partial charge >= 0.3 is 0 Å². The lowest BCUT2D eigenvalue weighted by molar-refractivity contribution is -0.128. The van der Waals surface area contributed by atoms with Gasteiger partial charge in [-0.05, 0) is 19.3 Å². The molecule has 1 unspecified atom stereocenters. The van der Waals surface area contributed by atoms with Crippen molar-refractivity contribution in [1.82, 2.24) is 10.2 Å². The highest BCUT2D eigenvalue weighted by Gasteiger charge is 2.21. The number of carbonyl (C=O) groups is 1. The fourth-order valence-electron chi connectivity index (χ4n) is 2.15. The average Bonchev–Trinajstić information content (AvgIpc) is 3.04. The van der Waals surface area contributed by atoms with Gasteiger partial charge in [-0.3, -0.25) is 9.79 Å². The molecule has 2 aliphatic rings.